The van der Waals surface area contributed by atoms with E-state index in [1.807, 2.05) is 0 Å². The number of hydrogen-bond donors (Lipinski definition) is 0. The third-order valence-electron chi connectivity index (χ3n) is 3.49. The van der Waals surface area contributed by atoms with E-state index in [4.69, 9.17) is 0 Å². The first-order chi connectivity index (χ1) is 6.74. The van der Waals surface area contributed by atoms with Gasteiger partial charge in [0.25, 0.3) is 0 Å². The highest BCUT2D eigenvalue weighted by atomic mass is 14.2. The molecular weight excluding hydrogens is 168 g/mol. The third-order valence-corrected chi connectivity index (χ3v) is 3.49. The Morgan fingerprint density at radius 1 is 1.21 bits per heavy atom. The largest absolute Gasteiger partial charge is 0.0692 e. The van der Waals surface area contributed by atoms with Crippen molar-refractivity contribution in [3.05, 3.63) is 41.0 Å². The topological polar surface area (TPSA) is 0 Å². The summed E-state index contributed by atoms with van der Waals surface area (Å²) in [6.07, 6.45) is 2.50. The maximum absolute atomic E-state index is 2.29. The molecule has 1 aliphatic rings. The van der Waals surface area contributed by atoms with E-state index in [1.165, 1.54) is 24.0 Å². The van der Waals surface area contributed by atoms with Gasteiger partial charge in [-0.05, 0) is 49.3 Å². The van der Waals surface area contributed by atoms with Crippen LogP contribution in [-0.4, -0.2) is 0 Å². The van der Waals surface area contributed by atoms with Crippen molar-refractivity contribution in [3.8, 4) is 0 Å². The first-order valence-corrected chi connectivity index (χ1v) is 5.49. The van der Waals surface area contributed by atoms with Gasteiger partial charge in [-0.1, -0.05) is 36.8 Å². The molecule has 1 aliphatic carbocycles. The van der Waals surface area contributed by atoms with Crippen LogP contribution < -0.4 is 0 Å². The second-order valence-electron chi connectivity index (χ2n) is 4.30. The molecule has 14 heavy (non-hydrogen) atoms. The molecule has 1 aromatic rings. The first kappa shape index (κ1) is 9.51. The SMILES string of the molecule is CCC1CC(C)=C(C)c2ccccc21. The number of hydrogen-bond acceptors (Lipinski definition) is 0. The van der Waals surface area contributed by atoms with Crippen LogP contribution in [0.2, 0.25) is 0 Å². The van der Waals surface area contributed by atoms with E-state index in [9.17, 15) is 0 Å². The molecular formula is C14H18. The molecule has 1 aromatic carbocycles. The Labute approximate surface area is 86.7 Å². The number of benzene rings is 1. The lowest BCUT2D eigenvalue weighted by Crippen LogP contribution is -2.08. The van der Waals surface area contributed by atoms with Crippen LogP contribution in [0.1, 0.15) is 50.7 Å². The number of rotatable bonds is 1. The van der Waals surface area contributed by atoms with Crippen LogP contribution in [0.25, 0.3) is 5.57 Å². The molecule has 0 fully saturated rings. The maximum atomic E-state index is 2.29. The van der Waals surface area contributed by atoms with E-state index in [2.05, 4.69) is 45.0 Å². The van der Waals surface area contributed by atoms with Crippen LogP contribution in [-0.2, 0) is 0 Å². The fraction of sp³-hybridized carbons (Fsp3) is 0.429. The van der Waals surface area contributed by atoms with Gasteiger partial charge in [0.2, 0.25) is 0 Å². The molecule has 0 aliphatic heterocycles. The molecule has 1 atom stereocenters. The maximum Gasteiger partial charge on any atom is -0.0121 e. The quantitative estimate of drug-likeness (QED) is 0.610. The Morgan fingerprint density at radius 2 is 1.93 bits per heavy atom. The molecule has 0 heteroatoms. The molecule has 0 aromatic heterocycles. The van der Waals surface area contributed by atoms with Gasteiger partial charge in [0.15, 0.2) is 0 Å². The van der Waals surface area contributed by atoms with Crippen LogP contribution in [0, 0.1) is 0 Å². The van der Waals surface area contributed by atoms with Crippen LogP contribution in [0.4, 0.5) is 0 Å². The fourth-order valence-corrected chi connectivity index (χ4v) is 2.42. The zero-order valence-electron chi connectivity index (χ0n) is 9.30. The predicted molar refractivity (Wildman–Crippen MR) is 62.4 cm³/mol. The van der Waals surface area contributed by atoms with Crippen molar-refractivity contribution in [2.45, 2.75) is 39.5 Å². The highest BCUT2D eigenvalue weighted by molar-refractivity contribution is 5.72. The summed E-state index contributed by atoms with van der Waals surface area (Å²) >= 11 is 0. The van der Waals surface area contributed by atoms with E-state index < -0.39 is 0 Å². The average molecular weight is 186 g/mol. The van der Waals surface area contributed by atoms with E-state index in [1.54, 1.807) is 11.1 Å². The van der Waals surface area contributed by atoms with Gasteiger partial charge in [-0.25, -0.2) is 0 Å². The van der Waals surface area contributed by atoms with Crippen molar-refractivity contribution in [1.82, 2.24) is 0 Å². The summed E-state index contributed by atoms with van der Waals surface area (Å²) in [6.45, 7) is 6.81. The molecule has 0 radical (unpaired) electrons. The highest BCUT2D eigenvalue weighted by Crippen LogP contribution is 2.39. The summed E-state index contributed by atoms with van der Waals surface area (Å²) in [5.74, 6) is 0.745. The zero-order chi connectivity index (χ0) is 10.1. The second kappa shape index (κ2) is 3.61. The van der Waals surface area contributed by atoms with Gasteiger partial charge in [-0.2, -0.15) is 0 Å². The monoisotopic (exact) mass is 186 g/mol. The number of allylic oxidation sites excluding steroid dienone is 2. The van der Waals surface area contributed by atoms with Crippen molar-refractivity contribution in [1.29, 1.82) is 0 Å². The predicted octanol–water partition coefficient (Wildman–Crippen LogP) is 4.38. The standard InChI is InChI=1S/C14H18/c1-4-12-9-10(2)11(3)13-7-5-6-8-14(12)13/h5-8,12H,4,9H2,1-3H3. The van der Waals surface area contributed by atoms with Gasteiger partial charge >= 0.3 is 0 Å². The van der Waals surface area contributed by atoms with E-state index in [0.29, 0.717) is 0 Å². The lowest BCUT2D eigenvalue weighted by Gasteiger charge is -2.26. The minimum absolute atomic E-state index is 0.745. The van der Waals surface area contributed by atoms with Gasteiger partial charge in [0, 0.05) is 0 Å². The van der Waals surface area contributed by atoms with Gasteiger partial charge < -0.3 is 0 Å². The van der Waals surface area contributed by atoms with Gasteiger partial charge in [0.05, 0.1) is 0 Å². The summed E-state index contributed by atoms with van der Waals surface area (Å²) in [5.41, 5.74) is 6.09. The van der Waals surface area contributed by atoms with Gasteiger partial charge in [-0.15, -0.1) is 0 Å². The van der Waals surface area contributed by atoms with Gasteiger partial charge in [0.1, 0.15) is 0 Å². The molecule has 0 N–H and O–H groups in total. The first-order valence-electron chi connectivity index (χ1n) is 5.49. The smallest absolute Gasteiger partial charge is 0.0121 e. The minimum atomic E-state index is 0.745. The Morgan fingerprint density at radius 3 is 2.64 bits per heavy atom. The molecule has 74 valence electrons. The number of fused-ring (bicyclic) bond motifs is 1. The summed E-state index contributed by atoms with van der Waals surface area (Å²) in [7, 11) is 0. The Kier molecular flexibility index (Phi) is 2.45. The Balaban J connectivity index is 2.56. The zero-order valence-corrected chi connectivity index (χ0v) is 9.30. The minimum Gasteiger partial charge on any atom is -0.0692 e. The normalized spacial score (nSPS) is 20.9. The van der Waals surface area contributed by atoms with Crippen molar-refractivity contribution < 1.29 is 0 Å². The third kappa shape index (κ3) is 1.39. The Bertz CT molecular complexity index is 371. The van der Waals surface area contributed by atoms with Crippen molar-refractivity contribution in [3.63, 3.8) is 0 Å². The molecule has 0 nitrogen and oxygen atoms in total. The molecule has 0 spiro atoms. The molecule has 0 amide bonds. The van der Waals surface area contributed by atoms with Crippen molar-refractivity contribution in [2.75, 3.05) is 0 Å². The lowest BCUT2D eigenvalue weighted by atomic mass is 9.78. The second-order valence-corrected chi connectivity index (χ2v) is 4.30. The average Bonchev–Trinajstić information content (AvgIpc) is 2.23. The van der Waals surface area contributed by atoms with Crippen LogP contribution >= 0.6 is 0 Å². The van der Waals surface area contributed by atoms with Crippen molar-refractivity contribution in [2.24, 2.45) is 0 Å². The van der Waals surface area contributed by atoms with E-state index in [-0.39, 0.29) is 0 Å². The van der Waals surface area contributed by atoms with Gasteiger partial charge in [-0.3, -0.25) is 0 Å². The van der Waals surface area contributed by atoms with E-state index in [0.717, 1.165) is 5.92 Å². The highest BCUT2D eigenvalue weighted by Gasteiger charge is 2.20. The molecule has 0 heterocycles. The van der Waals surface area contributed by atoms with Crippen LogP contribution in [0.3, 0.4) is 0 Å². The molecule has 1 unspecified atom stereocenters. The summed E-state index contributed by atoms with van der Waals surface area (Å²) in [6, 6.07) is 8.86. The molecule has 0 saturated heterocycles. The van der Waals surface area contributed by atoms with E-state index >= 15 is 0 Å². The molecule has 2 rings (SSSR count). The van der Waals surface area contributed by atoms with Crippen LogP contribution in [0.15, 0.2) is 29.8 Å². The molecule has 0 bridgehead atoms. The fourth-order valence-electron chi connectivity index (χ4n) is 2.42. The van der Waals surface area contributed by atoms with Crippen molar-refractivity contribution >= 4 is 5.57 Å². The summed E-state index contributed by atoms with van der Waals surface area (Å²) in [4.78, 5) is 0. The Hall–Kier alpha value is -1.04. The summed E-state index contributed by atoms with van der Waals surface area (Å²) < 4.78 is 0. The molecule has 0 saturated carbocycles. The lowest BCUT2D eigenvalue weighted by molar-refractivity contribution is 0.646. The van der Waals surface area contributed by atoms with Crippen LogP contribution in [0.5, 0.6) is 0 Å². The summed E-state index contributed by atoms with van der Waals surface area (Å²) in [5, 5.41) is 0.